The molecular formula is C15H18N4S. The lowest BCUT2D eigenvalue weighted by Crippen LogP contribution is -2.20. The summed E-state index contributed by atoms with van der Waals surface area (Å²) in [6.45, 7) is 2.02. The lowest BCUT2D eigenvalue weighted by Gasteiger charge is -2.16. The Kier molecular flexibility index (Phi) is 3.54. The number of likely N-dealkylation sites (N-methyl/N-ethyl adjacent to an activating group) is 1. The largest absolute Gasteiger partial charge is 0.313 e. The second kappa shape index (κ2) is 5.34. The van der Waals surface area contributed by atoms with E-state index < -0.39 is 0 Å². The number of hydrogen-bond donors (Lipinski definition) is 1. The number of fused-ring (bicyclic) bond motifs is 1. The zero-order valence-electron chi connectivity index (χ0n) is 11.9. The van der Waals surface area contributed by atoms with Gasteiger partial charge in [0.1, 0.15) is 0 Å². The maximum atomic E-state index is 4.53. The number of aryl methyl sites for hydroxylation is 2. The van der Waals surface area contributed by atoms with Crippen LogP contribution in [-0.4, -0.2) is 21.8 Å². The second-order valence-electron chi connectivity index (χ2n) is 5.02. The van der Waals surface area contributed by atoms with Gasteiger partial charge in [-0.1, -0.05) is 0 Å². The zero-order valence-corrected chi connectivity index (χ0v) is 12.7. The minimum atomic E-state index is 0.254. The van der Waals surface area contributed by atoms with Gasteiger partial charge < -0.3 is 5.32 Å². The van der Waals surface area contributed by atoms with Crippen LogP contribution in [0.2, 0.25) is 0 Å². The van der Waals surface area contributed by atoms with E-state index in [0.29, 0.717) is 0 Å². The number of nitrogens with zero attached hydrogens (tertiary/aromatic N) is 3. The van der Waals surface area contributed by atoms with Crippen molar-refractivity contribution >= 4 is 21.6 Å². The van der Waals surface area contributed by atoms with E-state index in [1.807, 2.05) is 31.9 Å². The van der Waals surface area contributed by atoms with Crippen LogP contribution in [0.25, 0.3) is 10.2 Å². The Balaban J connectivity index is 1.90. The molecule has 3 aromatic rings. The van der Waals surface area contributed by atoms with Crippen molar-refractivity contribution < 1.29 is 0 Å². The van der Waals surface area contributed by atoms with Gasteiger partial charge in [-0.3, -0.25) is 9.67 Å². The SMILES string of the molecule is CNC(Cc1cc(C)nn1C)c1cnc2ccsc2c1. The summed E-state index contributed by atoms with van der Waals surface area (Å²) in [4.78, 5) is 4.53. The summed E-state index contributed by atoms with van der Waals surface area (Å²) < 4.78 is 3.19. The number of aromatic nitrogens is 3. The molecule has 104 valence electrons. The Hall–Kier alpha value is -1.72. The van der Waals surface area contributed by atoms with Crippen molar-refractivity contribution in [3.05, 3.63) is 46.7 Å². The summed E-state index contributed by atoms with van der Waals surface area (Å²) in [6.07, 6.45) is 2.88. The molecule has 3 heterocycles. The number of rotatable bonds is 4. The molecule has 4 nitrogen and oxygen atoms in total. The van der Waals surface area contributed by atoms with Crippen molar-refractivity contribution in [3.63, 3.8) is 0 Å². The van der Waals surface area contributed by atoms with Gasteiger partial charge >= 0.3 is 0 Å². The zero-order chi connectivity index (χ0) is 14.1. The second-order valence-corrected chi connectivity index (χ2v) is 5.97. The number of pyridine rings is 1. The van der Waals surface area contributed by atoms with Gasteiger partial charge in [-0.2, -0.15) is 5.10 Å². The van der Waals surface area contributed by atoms with Crippen molar-refractivity contribution in [1.29, 1.82) is 0 Å². The third-order valence-corrected chi connectivity index (χ3v) is 4.44. The predicted molar refractivity (Wildman–Crippen MR) is 83.1 cm³/mol. The molecule has 0 radical (unpaired) electrons. The molecule has 0 saturated carbocycles. The Morgan fingerprint density at radius 3 is 2.95 bits per heavy atom. The maximum absolute atomic E-state index is 4.53. The number of hydrogen-bond acceptors (Lipinski definition) is 4. The van der Waals surface area contributed by atoms with Crippen LogP contribution in [0.15, 0.2) is 29.8 Å². The fourth-order valence-corrected chi connectivity index (χ4v) is 3.29. The van der Waals surface area contributed by atoms with Crippen molar-refractivity contribution in [2.75, 3.05) is 7.05 Å². The molecule has 3 aromatic heterocycles. The van der Waals surface area contributed by atoms with Gasteiger partial charge in [0, 0.05) is 31.4 Å². The minimum absolute atomic E-state index is 0.254. The molecule has 0 aliphatic rings. The van der Waals surface area contributed by atoms with Gasteiger partial charge in [-0.15, -0.1) is 11.3 Å². The van der Waals surface area contributed by atoms with Crippen molar-refractivity contribution in [1.82, 2.24) is 20.1 Å². The summed E-state index contributed by atoms with van der Waals surface area (Å²) in [6, 6.07) is 6.69. The first kappa shape index (κ1) is 13.3. The third-order valence-electron chi connectivity index (χ3n) is 3.59. The molecule has 1 N–H and O–H groups in total. The van der Waals surface area contributed by atoms with E-state index in [9.17, 15) is 0 Å². The van der Waals surface area contributed by atoms with Crippen LogP contribution in [-0.2, 0) is 13.5 Å². The molecule has 1 atom stereocenters. The van der Waals surface area contributed by atoms with Gasteiger partial charge in [0.2, 0.25) is 0 Å². The van der Waals surface area contributed by atoms with E-state index in [2.05, 4.69) is 39.0 Å². The van der Waals surface area contributed by atoms with Gasteiger partial charge in [-0.25, -0.2) is 0 Å². The van der Waals surface area contributed by atoms with E-state index in [4.69, 9.17) is 0 Å². The van der Waals surface area contributed by atoms with Crippen LogP contribution in [0.1, 0.15) is 23.0 Å². The first-order valence-electron chi connectivity index (χ1n) is 6.67. The molecule has 0 amide bonds. The smallest absolute Gasteiger partial charge is 0.0809 e. The molecule has 0 aliphatic carbocycles. The number of thiophene rings is 1. The van der Waals surface area contributed by atoms with E-state index >= 15 is 0 Å². The highest BCUT2D eigenvalue weighted by Crippen LogP contribution is 2.24. The van der Waals surface area contributed by atoms with E-state index in [1.165, 1.54) is 16.0 Å². The first-order chi connectivity index (χ1) is 9.67. The summed E-state index contributed by atoms with van der Waals surface area (Å²) in [7, 11) is 3.99. The summed E-state index contributed by atoms with van der Waals surface area (Å²) in [5.41, 5.74) is 4.59. The summed E-state index contributed by atoms with van der Waals surface area (Å²) in [5, 5.41) is 9.88. The highest BCUT2D eigenvalue weighted by molar-refractivity contribution is 7.17. The fourth-order valence-electron chi connectivity index (χ4n) is 2.50. The third kappa shape index (κ3) is 2.46. The van der Waals surface area contributed by atoms with Crippen LogP contribution < -0.4 is 5.32 Å². The fraction of sp³-hybridized carbons (Fsp3) is 0.333. The molecule has 0 bridgehead atoms. The molecule has 1 unspecified atom stereocenters. The minimum Gasteiger partial charge on any atom is -0.313 e. The predicted octanol–water partition coefficient (Wildman–Crippen LogP) is 2.84. The van der Waals surface area contributed by atoms with Crippen LogP contribution in [0, 0.1) is 6.92 Å². The van der Waals surface area contributed by atoms with Crippen molar-refractivity contribution in [3.8, 4) is 0 Å². The summed E-state index contributed by atoms with van der Waals surface area (Å²) >= 11 is 1.74. The first-order valence-corrected chi connectivity index (χ1v) is 7.55. The quantitative estimate of drug-likeness (QED) is 0.802. The van der Waals surface area contributed by atoms with Gasteiger partial charge in [0.05, 0.1) is 15.9 Å². The lowest BCUT2D eigenvalue weighted by molar-refractivity contribution is 0.560. The molecular weight excluding hydrogens is 268 g/mol. The Morgan fingerprint density at radius 1 is 1.40 bits per heavy atom. The van der Waals surface area contributed by atoms with E-state index in [0.717, 1.165) is 17.6 Å². The highest BCUT2D eigenvalue weighted by Gasteiger charge is 2.14. The Morgan fingerprint density at radius 2 is 2.25 bits per heavy atom. The van der Waals surface area contributed by atoms with Crippen LogP contribution in [0.5, 0.6) is 0 Å². The topological polar surface area (TPSA) is 42.7 Å². The molecule has 20 heavy (non-hydrogen) atoms. The monoisotopic (exact) mass is 286 g/mol. The maximum Gasteiger partial charge on any atom is 0.0809 e. The highest BCUT2D eigenvalue weighted by atomic mass is 32.1. The average Bonchev–Trinajstić information content (AvgIpc) is 3.01. The van der Waals surface area contributed by atoms with Gasteiger partial charge in [-0.05, 0) is 43.1 Å². The normalized spacial score (nSPS) is 12.9. The average molecular weight is 286 g/mol. The van der Waals surface area contributed by atoms with Crippen LogP contribution in [0.4, 0.5) is 0 Å². The Bertz CT molecular complexity index is 728. The lowest BCUT2D eigenvalue weighted by atomic mass is 10.0. The molecule has 3 rings (SSSR count). The molecule has 0 saturated heterocycles. The van der Waals surface area contributed by atoms with E-state index in [-0.39, 0.29) is 6.04 Å². The standard InChI is InChI=1S/C15H18N4S/c1-10-6-12(19(3)18-10)8-14(16-2)11-7-15-13(17-9-11)4-5-20-15/h4-7,9,14,16H,8H2,1-3H3. The summed E-state index contributed by atoms with van der Waals surface area (Å²) in [5.74, 6) is 0. The molecule has 0 aromatic carbocycles. The van der Waals surface area contributed by atoms with Gasteiger partial charge in [0.25, 0.3) is 0 Å². The number of nitrogens with one attached hydrogen (secondary N) is 1. The van der Waals surface area contributed by atoms with Crippen molar-refractivity contribution in [2.45, 2.75) is 19.4 Å². The Labute approximate surface area is 122 Å². The molecule has 5 heteroatoms. The van der Waals surface area contributed by atoms with Crippen LogP contribution >= 0.6 is 11.3 Å². The van der Waals surface area contributed by atoms with Crippen LogP contribution in [0.3, 0.4) is 0 Å². The van der Waals surface area contributed by atoms with Gasteiger partial charge in [0.15, 0.2) is 0 Å². The molecule has 0 aliphatic heterocycles. The molecule has 0 fully saturated rings. The molecule has 0 spiro atoms. The van der Waals surface area contributed by atoms with E-state index in [1.54, 1.807) is 11.3 Å². The van der Waals surface area contributed by atoms with Crippen molar-refractivity contribution in [2.24, 2.45) is 7.05 Å².